The van der Waals surface area contributed by atoms with Gasteiger partial charge >= 0.3 is 0 Å². The molecule has 3 rings (SSSR count). The Morgan fingerprint density at radius 3 is 2.85 bits per heavy atom. The first-order chi connectivity index (χ1) is 9.54. The van der Waals surface area contributed by atoms with Crippen molar-refractivity contribution in [1.82, 2.24) is 4.90 Å². The van der Waals surface area contributed by atoms with Crippen molar-refractivity contribution >= 4 is 33.4 Å². The van der Waals surface area contributed by atoms with E-state index in [2.05, 4.69) is 15.9 Å². The molecule has 0 radical (unpaired) electrons. The first-order valence-electron chi connectivity index (χ1n) is 7.25. The number of hydrogen-bond acceptors (Lipinski definition) is 1. The third-order valence-electron chi connectivity index (χ3n) is 4.90. The number of amides is 1. The number of fused-ring (bicyclic) bond motifs is 2. The average molecular weight is 357 g/mol. The van der Waals surface area contributed by atoms with Crippen LogP contribution in [0.5, 0.6) is 0 Å². The van der Waals surface area contributed by atoms with E-state index < -0.39 is 0 Å². The molecule has 2 fully saturated rings. The third kappa shape index (κ3) is 2.75. The Morgan fingerprint density at radius 2 is 2.20 bits per heavy atom. The van der Waals surface area contributed by atoms with Crippen LogP contribution >= 0.6 is 27.5 Å². The number of nitrogens with zero attached hydrogens (tertiary/aromatic N) is 1. The molecule has 3 unspecified atom stereocenters. The summed E-state index contributed by atoms with van der Waals surface area (Å²) in [6.45, 7) is 0.864. The molecule has 1 aromatic rings. The molecule has 2 aliphatic carbocycles. The van der Waals surface area contributed by atoms with Gasteiger partial charge in [-0.15, -0.1) is 0 Å². The van der Waals surface area contributed by atoms with Gasteiger partial charge in [0, 0.05) is 18.1 Å². The minimum atomic E-state index is 0.0269. The number of hydrogen-bond donors (Lipinski definition) is 0. The summed E-state index contributed by atoms with van der Waals surface area (Å²) in [6.07, 6.45) is 5.43. The van der Waals surface area contributed by atoms with Crippen molar-refractivity contribution in [2.75, 3.05) is 13.6 Å². The molecule has 2 aliphatic rings. The molecule has 1 aromatic carbocycles. The second-order valence-corrected chi connectivity index (χ2v) is 7.57. The van der Waals surface area contributed by atoms with E-state index in [9.17, 15) is 4.79 Å². The Hall–Kier alpha value is -0.540. The molecule has 4 heteroatoms. The number of carbonyl (C=O) groups is 1. The highest BCUT2D eigenvalue weighted by Crippen LogP contribution is 2.48. The molecule has 0 aromatic heterocycles. The van der Waals surface area contributed by atoms with E-state index in [-0.39, 0.29) is 5.91 Å². The Balaban J connectivity index is 1.69. The fraction of sp³-hybridized carbons (Fsp3) is 0.562. The van der Waals surface area contributed by atoms with Crippen LogP contribution in [-0.4, -0.2) is 24.4 Å². The van der Waals surface area contributed by atoms with Crippen molar-refractivity contribution < 1.29 is 4.79 Å². The lowest BCUT2D eigenvalue weighted by Gasteiger charge is -2.27. The zero-order valence-corrected chi connectivity index (χ0v) is 14.0. The second-order valence-electron chi connectivity index (χ2n) is 6.24. The van der Waals surface area contributed by atoms with E-state index in [1.165, 1.54) is 25.7 Å². The summed E-state index contributed by atoms with van der Waals surface area (Å²) in [7, 11) is 1.89. The minimum Gasteiger partial charge on any atom is -0.341 e. The Kier molecular flexibility index (Phi) is 4.09. The summed E-state index contributed by atoms with van der Waals surface area (Å²) in [4.78, 5) is 14.4. The lowest BCUT2D eigenvalue weighted by molar-refractivity contribution is 0.0754. The summed E-state index contributed by atoms with van der Waals surface area (Å²) < 4.78 is 0.888. The van der Waals surface area contributed by atoms with Crippen molar-refractivity contribution in [1.29, 1.82) is 0 Å². The fourth-order valence-corrected chi connectivity index (χ4v) is 4.46. The molecule has 2 bridgehead atoms. The molecule has 0 saturated heterocycles. The van der Waals surface area contributed by atoms with Gasteiger partial charge in [-0.25, -0.2) is 0 Å². The monoisotopic (exact) mass is 355 g/mol. The molecule has 2 nitrogen and oxygen atoms in total. The van der Waals surface area contributed by atoms with Gasteiger partial charge in [0.05, 0.1) is 10.6 Å². The second kappa shape index (κ2) is 5.69. The molecule has 0 spiro atoms. The van der Waals surface area contributed by atoms with Crippen molar-refractivity contribution in [3.8, 4) is 0 Å². The number of benzene rings is 1. The molecule has 3 atom stereocenters. The average Bonchev–Trinajstić information content (AvgIpc) is 3.03. The molecule has 0 aliphatic heterocycles. The zero-order chi connectivity index (χ0) is 14.3. The zero-order valence-electron chi connectivity index (χ0n) is 11.6. The van der Waals surface area contributed by atoms with E-state index in [1.807, 2.05) is 24.1 Å². The van der Waals surface area contributed by atoms with Crippen LogP contribution in [0.25, 0.3) is 0 Å². The summed E-state index contributed by atoms with van der Waals surface area (Å²) in [5, 5.41) is 0.526. The predicted octanol–water partition coefficient (Wildman–Crippen LogP) is 4.61. The lowest BCUT2D eigenvalue weighted by atomic mass is 9.88. The Labute approximate surface area is 133 Å². The molecular weight excluding hydrogens is 338 g/mol. The maximum absolute atomic E-state index is 12.5. The van der Waals surface area contributed by atoms with Crippen LogP contribution < -0.4 is 0 Å². The van der Waals surface area contributed by atoms with Crippen molar-refractivity contribution in [2.24, 2.45) is 17.8 Å². The Bertz CT molecular complexity index is 533. The smallest absolute Gasteiger partial charge is 0.255 e. The highest BCUT2D eigenvalue weighted by atomic mass is 79.9. The predicted molar refractivity (Wildman–Crippen MR) is 85.1 cm³/mol. The summed E-state index contributed by atoms with van der Waals surface area (Å²) in [6, 6.07) is 5.43. The molecule has 0 heterocycles. The quantitative estimate of drug-likeness (QED) is 0.774. The van der Waals surface area contributed by atoms with E-state index in [4.69, 9.17) is 11.6 Å². The summed E-state index contributed by atoms with van der Waals surface area (Å²) >= 11 is 9.55. The van der Waals surface area contributed by atoms with Crippen LogP contribution in [0.2, 0.25) is 5.02 Å². The van der Waals surface area contributed by atoms with Crippen molar-refractivity contribution in [2.45, 2.75) is 25.7 Å². The largest absolute Gasteiger partial charge is 0.341 e. The number of rotatable bonds is 3. The van der Waals surface area contributed by atoms with Gasteiger partial charge in [0.2, 0.25) is 0 Å². The van der Waals surface area contributed by atoms with Crippen LogP contribution in [0.1, 0.15) is 36.0 Å². The molecular formula is C16H19BrClNO. The SMILES string of the molecule is CN(CC1CC2CCC1C2)C(=O)c1cc(Br)ccc1Cl. The maximum Gasteiger partial charge on any atom is 0.255 e. The summed E-state index contributed by atoms with van der Waals surface area (Å²) in [5.41, 5.74) is 0.590. The van der Waals surface area contributed by atoms with E-state index in [1.54, 1.807) is 6.07 Å². The van der Waals surface area contributed by atoms with E-state index in [0.29, 0.717) is 16.5 Å². The molecule has 108 valence electrons. The van der Waals surface area contributed by atoms with Gasteiger partial charge < -0.3 is 4.90 Å². The van der Waals surface area contributed by atoms with Crippen LogP contribution in [0, 0.1) is 17.8 Å². The van der Waals surface area contributed by atoms with Gasteiger partial charge in [-0.1, -0.05) is 34.0 Å². The molecule has 2 saturated carbocycles. The van der Waals surface area contributed by atoms with Crippen molar-refractivity contribution in [3.05, 3.63) is 33.3 Å². The summed E-state index contributed by atoms with van der Waals surface area (Å²) in [5.74, 6) is 2.48. The Morgan fingerprint density at radius 1 is 1.40 bits per heavy atom. The highest BCUT2D eigenvalue weighted by molar-refractivity contribution is 9.10. The third-order valence-corrected chi connectivity index (χ3v) is 5.72. The van der Waals surface area contributed by atoms with Crippen LogP contribution in [0.4, 0.5) is 0 Å². The number of halogens is 2. The van der Waals surface area contributed by atoms with Gasteiger partial charge in [-0.2, -0.15) is 0 Å². The van der Waals surface area contributed by atoms with Crippen molar-refractivity contribution in [3.63, 3.8) is 0 Å². The highest BCUT2D eigenvalue weighted by Gasteiger charge is 2.40. The van der Waals surface area contributed by atoms with Crippen LogP contribution in [0.15, 0.2) is 22.7 Å². The van der Waals surface area contributed by atoms with Gasteiger partial charge in [0.25, 0.3) is 5.91 Å². The number of carbonyl (C=O) groups excluding carboxylic acids is 1. The normalized spacial score (nSPS) is 27.9. The van der Waals surface area contributed by atoms with E-state index >= 15 is 0 Å². The molecule has 0 N–H and O–H groups in total. The lowest BCUT2D eigenvalue weighted by Crippen LogP contribution is -2.33. The van der Waals surface area contributed by atoms with Gasteiger partial charge in [-0.05, 0) is 55.2 Å². The van der Waals surface area contributed by atoms with Gasteiger partial charge in [0.1, 0.15) is 0 Å². The first-order valence-corrected chi connectivity index (χ1v) is 8.42. The molecule has 1 amide bonds. The standard InChI is InChI=1S/C16H19BrClNO/c1-19(9-12-7-10-2-3-11(12)6-10)16(20)14-8-13(17)4-5-15(14)18/h4-5,8,10-12H,2-3,6-7,9H2,1H3. The van der Waals surface area contributed by atoms with Gasteiger partial charge in [0.15, 0.2) is 0 Å². The minimum absolute atomic E-state index is 0.0269. The topological polar surface area (TPSA) is 20.3 Å². The molecule has 20 heavy (non-hydrogen) atoms. The van der Waals surface area contributed by atoms with E-state index in [0.717, 1.165) is 22.9 Å². The van der Waals surface area contributed by atoms with Crippen LogP contribution in [0.3, 0.4) is 0 Å². The maximum atomic E-state index is 12.5. The fourth-order valence-electron chi connectivity index (χ4n) is 3.90. The first kappa shape index (κ1) is 14.4. The van der Waals surface area contributed by atoms with Gasteiger partial charge in [-0.3, -0.25) is 4.79 Å². The van der Waals surface area contributed by atoms with Crippen LogP contribution in [-0.2, 0) is 0 Å².